The SMILES string of the molecule is Cc1ccc(NC(=O)CSc2nc3cc(C)[nH]c3c(=O)n2C(C)C)c(C)c1. The number of fused-ring (bicyclic) bond motifs is 1. The third-order valence-corrected chi connectivity index (χ3v) is 5.24. The van der Waals surface area contributed by atoms with Crippen LogP contribution in [0, 0.1) is 20.8 Å². The van der Waals surface area contributed by atoms with Crippen molar-refractivity contribution in [2.24, 2.45) is 0 Å². The molecule has 7 heteroatoms. The number of amides is 1. The second-order valence-corrected chi connectivity index (χ2v) is 7.97. The number of anilines is 1. The molecule has 0 atom stereocenters. The van der Waals surface area contributed by atoms with Gasteiger partial charge in [0, 0.05) is 17.4 Å². The van der Waals surface area contributed by atoms with Crippen LogP contribution in [0.15, 0.2) is 34.2 Å². The Bertz CT molecular complexity index is 1070. The normalized spacial score (nSPS) is 11.3. The van der Waals surface area contributed by atoms with Gasteiger partial charge in [0.15, 0.2) is 5.16 Å². The molecule has 2 heterocycles. The Balaban J connectivity index is 1.82. The van der Waals surface area contributed by atoms with E-state index < -0.39 is 0 Å². The fourth-order valence-corrected chi connectivity index (χ4v) is 3.95. The molecule has 142 valence electrons. The zero-order chi connectivity index (χ0) is 19.7. The number of aromatic nitrogens is 3. The van der Waals surface area contributed by atoms with Crippen molar-refractivity contribution in [3.8, 4) is 0 Å². The van der Waals surface area contributed by atoms with E-state index in [-0.39, 0.29) is 23.3 Å². The summed E-state index contributed by atoms with van der Waals surface area (Å²) < 4.78 is 1.63. The molecular formula is C20H24N4O2S. The van der Waals surface area contributed by atoms with Gasteiger partial charge in [0.1, 0.15) is 5.52 Å². The Morgan fingerprint density at radius 3 is 2.67 bits per heavy atom. The van der Waals surface area contributed by atoms with Gasteiger partial charge in [0.25, 0.3) is 5.56 Å². The van der Waals surface area contributed by atoms with Crippen LogP contribution in [0.4, 0.5) is 5.69 Å². The summed E-state index contributed by atoms with van der Waals surface area (Å²) in [6.45, 7) is 9.75. The van der Waals surface area contributed by atoms with E-state index in [2.05, 4.69) is 15.3 Å². The van der Waals surface area contributed by atoms with Gasteiger partial charge >= 0.3 is 0 Å². The molecule has 3 aromatic rings. The van der Waals surface area contributed by atoms with Gasteiger partial charge in [-0.15, -0.1) is 0 Å². The zero-order valence-corrected chi connectivity index (χ0v) is 17.0. The van der Waals surface area contributed by atoms with Crippen molar-refractivity contribution in [2.75, 3.05) is 11.1 Å². The molecule has 0 spiro atoms. The second-order valence-electron chi connectivity index (χ2n) is 7.03. The number of thioether (sulfide) groups is 1. The molecule has 0 radical (unpaired) electrons. The minimum atomic E-state index is -0.123. The molecule has 0 aliphatic rings. The Labute approximate surface area is 162 Å². The molecule has 1 amide bonds. The fourth-order valence-electron chi connectivity index (χ4n) is 3.02. The van der Waals surface area contributed by atoms with Gasteiger partial charge in [0.2, 0.25) is 5.91 Å². The van der Waals surface area contributed by atoms with Crippen LogP contribution in [0.1, 0.15) is 36.7 Å². The first kappa shape index (κ1) is 19.2. The summed E-state index contributed by atoms with van der Waals surface area (Å²) in [6.07, 6.45) is 0. The number of aromatic amines is 1. The van der Waals surface area contributed by atoms with Crippen LogP contribution in [-0.2, 0) is 4.79 Å². The Kier molecular flexibility index (Phi) is 5.41. The van der Waals surface area contributed by atoms with Crippen LogP contribution in [-0.4, -0.2) is 26.2 Å². The maximum absolute atomic E-state index is 12.8. The van der Waals surface area contributed by atoms with E-state index in [0.717, 1.165) is 22.5 Å². The summed E-state index contributed by atoms with van der Waals surface area (Å²) in [5.41, 5.74) is 4.89. The van der Waals surface area contributed by atoms with Gasteiger partial charge < -0.3 is 10.3 Å². The highest BCUT2D eigenvalue weighted by molar-refractivity contribution is 7.99. The number of hydrogen-bond acceptors (Lipinski definition) is 4. The van der Waals surface area contributed by atoms with Gasteiger partial charge in [-0.25, -0.2) is 4.98 Å². The van der Waals surface area contributed by atoms with E-state index in [9.17, 15) is 9.59 Å². The minimum absolute atomic E-state index is 0.0529. The summed E-state index contributed by atoms with van der Waals surface area (Å²) in [6, 6.07) is 7.70. The van der Waals surface area contributed by atoms with E-state index in [1.807, 2.05) is 58.9 Å². The highest BCUT2D eigenvalue weighted by Gasteiger charge is 2.17. The van der Waals surface area contributed by atoms with Crippen LogP contribution in [0.25, 0.3) is 11.0 Å². The number of H-pyrrole nitrogens is 1. The lowest BCUT2D eigenvalue weighted by atomic mass is 10.1. The van der Waals surface area contributed by atoms with Crippen molar-refractivity contribution in [1.82, 2.24) is 14.5 Å². The van der Waals surface area contributed by atoms with Gasteiger partial charge in [-0.2, -0.15) is 0 Å². The third-order valence-electron chi connectivity index (χ3n) is 4.29. The predicted octanol–water partition coefficient (Wildman–Crippen LogP) is 3.96. The Morgan fingerprint density at radius 1 is 1.26 bits per heavy atom. The van der Waals surface area contributed by atoms with Crippen molar-refractivity contribution in [2.45, 2.75) is 45.8 Å². The average Bonchev–Trinajstić information content (AvgIpc) is 2.96. The smallest absolute Gasteiger partial charge is 0.278 e. The lowest BCUT2D eigenvalue weighted by Crippen LogP contribution is -2.25. The van der Waals surface area contributed by atoms with E-state index >= 15 is 0 Å². The van der Waals surface area contributed by atoms with Crippen molar-refractivity contribution in [1.29, 1.82) is 0 Å². The quantitative estimate of drug-likeness (QED) is 0.515. The summed E-state index contributed by atoms with van der Waals surface area (Å²) in [5.74, 6) is 0.0586. The van der Waals surface area contributed by atoms with E-state index in [1.54, 1.807) is 4.57 Å². The van der Waals surface area contributed by atoms with E-state index in [0.29, 0.717) is 16.2 Å². The third kappa shape index (κ3) is 4.08. The topological polar surface area (TPSA) is 79.8 Å². The molecule has 1 aromatic carbocycles. The average molecular weight is 385 g/mol. The highest BCUT2D eigenvalue weighted by Crippen LogP contribution is 2.22. The molecule has 0 saturated carbocycles. The van der Waals surface area contributed by atoms with Crippen molar-refractivity contribution in [3.63, 3.8) is 0 Å². The molecule has 0 fully saturated rings. The van der Waals surface area contributed by atoms with Crippen LogP contribution in [0.5, 0.6) is 0 Å². The second kappa shape index (κ2) is 7.60. The standard InChI is InChI=1S/C20H24N4O2S/c1-11(2)24-19(26)18-16(9-14(5)21-18)23-20(24)27-10-17(25)22-15-7-6-12(3)8-13(15)4/h6-9,11,21H,10H2,1-5H3,(H,22,25). The summed E-state index contributed by atoms with van der Waals surface area (Å²) in [4.78, 5) is 32.9. The molecule has 2 N–H and O–H groups in total. The van der Waals surface area contributed by atoms with Crippen molar-refractivity contribution >= 4 is 34.4 Å². The molecule has 27 heavy (non-hydrogen) atoms. The van der Waals surface area contributed by atoms with Gasteiger partial charge in [0.05, 0.1) is 11.3 Å². The van der Waals surface area contributed by atoms with E-state index in [1.165, 1.54) is 11.8 Å². The van der Waals surface area contributed by atoms with Crippen LogP contribution < -0.4 is 10.9 Å². The summed E-state index contributed by atoms with van der Waals surface area (Å²) in [5, 5.41) is 3.48. The molecule has 0 aliphatic carbocycles. The number of carbonyl (C=O) groups excluding carboxylic acids is 1. The van der Waals surface area contributed by atoms with Crippen LogP contribution in [0.2, 0.25) is 0 Å². The van der Waals surface area contributed by atoms with Gasteiger partial charge in [-0.1, -0.05) is 29.5 Å². The van der Waals surface area contributed by atoms with Crippen LogP contribution in [0.3, 0.4) is 0 Å². The lowest BCUT2D eigenvalue weighted by molar-refractivity contribution is -0.113. The molecular weight excluding hydrogens is 360 g/mol. The molecule has 0 bridgehead atoms. The number of carbonyl (C=O) groups is 1. The predicted molar refractivity (Wildman–Crippen MR) is 111 cm³/mol. The van der Waals surface area contributed by atoms with Crippen molar-refractivity contribution in [3.05, 3.63) is 51.4 Å². The lowest BCUT2D eigenvalue weighted by Gasteiger charge is -2.15. The number of hydrogen-bond donors (Lipinski definition) is 2. The zero-order valence-electron chi connectivity index (χ0n) is 16.2. The van der Waals surface area contributed by atoms with Gasteiger partial charge in [-0.05, 0) is 52.3 Å². The molecule has 0 unspecified atom stereocenters. The van der Waals surface area contributed by atoms with E-state index in [4.69, 9.17) is 0 Å². The number of aryl methyl sites for hydroxylation is 3. The molecule has 6 nitrogen and oxygen atoms in total. The molecule has 2 aromatic heterocycles. The molecule has 0 saturated heterocycles. The number of nitrogens with zero attached hydrogens (tertiary/aromatic N) is 2. The number of nitrogens with one attached hydrogen (secondary N) is 2. The Hall–Kier alpha value is -2.54. The maximum Gasteiger partial charge on any atom is 0.278 e. The molecule has 0 aliphatic heterocycles. The van der Waals surface area contributed by atoms with Crippen molar-refractivity contribution < 1.29 is 4.79 Å². The fraction of sp³-hybridized carbons (Fsp3) is 0.350. The Morgan fingerprint density at radius 2 is 2.00 bits per heavy atom. The van der Waals surface area contributed by atoms with Gasteiger partial charge in [-0.3, -0.25) is 14.2 Å². The minimum Gasteiger partial charge on any atom is -0.353 e. The first-order chi connectivity index (χ1) is 12.8. The molecule has 3 rings (SSSR count). The number of benzene rings is 1. The maximum atomic E-state index is 12.8. The summed E-state index contributed by atoms with van der Waals surface area (Å²) >= 11 is 1.28. The largest absolute Gasteiger partial charge is 0.353 e. The highest BCUT2D eigenvalue weighted by atomic mass is 32.2. The monoisotopic (exact) mass is 384 g/mol. The first-order valence-corrected chi connectivity index (χ1v) is 9.86. The summed E-state index contributed by atoms with van der Waals surface area (Å²) in [7, 11) is 0. The van der Waals surface area contributed by atoms with Crippen LogP contribution >= 0.6 is 11.8 Å². The number of rotatable bonds is 5. The first-order valence-electron chi connectivity index (χ1n) is 8.88.